The maximum Gasteiger partial charge on any atom is 0.329 e. The van der Waals surface area contributed by atoms with Crippen molar-refractivity contribution in [2.75, 3.05) is 0 Å². The van der Waals surface area contributed by atoms with Crippen molar-refractivity contribution in [2.24, 2.45) is 5.41 Å². The lowest BCUT2D eigenvalue weighted by molar-refractivity contribution is -0.163. The molecule has 1 aromatic heterocycles. The monoisotopic (exact) mass is 366 g/mol. The van der Waals surface area contributed by atoms with Gasteiger partial charge < -0.3 is 9.84 Å². The second kappa shape index (κ2) is 7.97. The Bertz CT molecular complexity index is 816. The highest BCUT2D eigenvalue weighted by Gasteiger charge is 2.48. The third kappa shape index (κ3) is 4.00. The van der Waals surface area contributed by atoms with Crippen LogP contribution < -0.4 is 4.74 Å². The molecule has 4 nitrogen and oxygen atoms in total. The van der Waals surface area contributed by atoms with Crippen LogP contribution in [0.25, 0.3) is 0 Å². The molecule has 3 rings (SSSR count). The minimum atomic E-state index is -1.70. The van der Waals surface area contributed by atoms with Crippen molar-refractivity contribution in [2.45, 2.75) is 12.8 Å². The zero-order valence-corrected chi connectivity index (χ0v) is 14.8. The predicted molar refractivity (Wildman–Crippen MR) is 100 cm³/mol. The second-order valence-electron chi connectivity index (χ2n) is 6.06. The van der Waals surface area contributed by atoms with E-state index in [2.05, 4.69) is 0 Å². The summed E-state index contributed by atoms with van der Waals surface area (Å²) in [5.74, 6) is -1.58. The van der Waals surface area contributed by atoms with E-state index in [1.807, 2.05) is 60.7 Å². The molecule has 0 saturated carbocycles. The SMILES string of the molecule is O=C(O)C(Cc1ccccc1)(Cc1ccccc1)C(=O)Oc1ccsc1. The largest absolute Gasteiger partial charge is 0.480 e. The van der Waals surface area contributed by atoms with Gasteiger partial charge in [-0.05, 0) is 35.4 Å². The van der Waals surface area contributed by atoms with Gasteiger partial charge in [0.1, 0.15) is 5.75 Å². The third-order valence-corrected chi connectivity index (χ3v) is 4.86. The molecule has 0 atom stereocenters. The Morgan fingerprint density at radius 3 is 1.85 bits per heavy atom. The fourth-order valence-corrected chi connectivity index (χ4v) is 3.40. The van der Waals surface area contributed by atoms with Crippen molar-refractivity contribution >= 4 is 23.3 Å². The van der Waals surface area contributed by atoms with Gasteiger partial charge in [0, 0.05) is 5.38 Å². The van der Waals surface area contributed by atoms with Gasteiger partial charge in [0.2, 0.25) is 0 Å². The number of hydrogen-bond acceptors (Lipinski definition) is 4. The summed E-state index contributed by atoms with van der Waals surface area (Å²) in [4.78, 5) is 25.3. The van der Waals surface area contributed by atoms with Crippen LogP contribution in [-0.2, 0) is 22.4 Å². The Morgan fingerprint density at radius 1 is 0.885 bits per heavy atom. The molecule has 5 heteroatoms. The number of carbonyl (C=O) groups is 2. The van der Waals surface area contributed by atoms with Crippen molar-refractivity contribution in [3.63, 3.8) is 0 Å². The Balaban J connectivity index is 1.99. The Labute approximate surface area is 155 Å². The van der Waals surface area contributed by atoms with Gasteiger partial charge >= 0.3 is 11.9 Å². The summed E-state index contributed by atoms with van der Waals surface area (Å²) >= 11 is 1.38. The molecule has 0 unspecified atom stereocenters. The maximum atomic E-state index is 13.0. The van der Waals surface area contributed by atoms with Crippen LogP contribution in [0.3, 0.4) is 0 Å². The van der Waals surface area contributed by atoms with E-state index >= 15 is 0 Å². The summed E-state index contributed by atoms with van der Waals surface area (Å²) in [6.45, 7) is 0. The number of carboxylic acid groups (broad SMARTS) is 1. The molecule has 26 heavy (non-hydrogen) atoms. The molecule has 0 amide bonds. The van der Waals surface area contributed by atoms with E-state index in [1.165, 1.54) is 11.3 Å². The lowest BCUT2D eigenvalue weighted by Gasteiger charge is -2.27. The molecular formula is C21H18O4S. The summed E-state index contributed by atoms with van der Waals surface area (Å²) in [7, 11) is 0. The van der Waals surface area contributed by atoms with Crippen LogP contribution in [0.15, 0.2) is 77.5 Å². The van der Waals surface area contributed by atoms with Crippen LogP contribution in [0, 0.1) is 5.41 Å². The lowest BCUT2D eigenvalue weighted by Crippen LogP contribution is -2.46. The predicted octanol–water partition coefficient (Wildman–Crippen LogP) is 4.21. The van der Waals surface area contributed by atoms with Crippen molar-refractivity contribution < 1.29 is 19.4 Å². The van der Waals surface area contributed by atoms with Gasteiger partial charge in [0.15, 0.2) is 5.41 Å². The minimum Gasteiger partial charge on any atom is -0.480 e. The van der Waals surface area contributed by atoms with Gasteiger partial charge in [-0.3, -0.25) is 9.59 Å². The molecule has 3 aromatic rings. The number of carboxylic acids is 1. The Morgan fingerprint density at radius 2 is 1.42 bits per heavy atom. The van der Waals surface area contributed by atoms with Gasteiger partial charge in [0.05, 0.1) is 0 Å². The molecule has 0 bridgehead atoms. The number of carbonyl (C=O) groups excluding carboxylic acids is 1. The molecule has 0 aliphatic rings. The molecular weight excluding hydrogens is 348 g/mol. The zero-order valence-electron chi connectivity index (χ0n) is 14.0. The fraction of sp³-hybridized carbons (Fsp3) is 0.143. The van der Waals surface area contributed by atoms with Crippen LogP contribution >= 0.6 is 11.3 Å². The molecule has 0 saturated heterocycles. The second-order valence-corrected chi connectivity index (χ2v) is 6.84. The number of thiophene rings is 1. The highest BCUT2D eigenvalue weighted by atomic mass is 32.1. The first-order valence-electron chi connectivity index (χ1n) is 8.16. The quantitative estimate of drug-likeness (QED) is 0.502. The highest BCUT2D eigenvalue weighted by molar-refractivity contribution is 7.08. The number of ether oxygens (including phenoxy) is 1. The number of aliphatic carboxylic acids is 1. The van der Waals surface area contributed by atoms with Crippen molar-refractivity contribution in [3.8, 4) is 5.75 Å². The smallest absolute Gasteiger partial charge is 0.329 e. The normalized spacial score (nSPS) is 11.1. The average Bonchev–Trinajstić information content (AvgIpc) is 3.15. The van der Waals surface area contributed by atoms with E-state index in [0.717, 1.165) is 11.1 Å². The minimum absolute atomic E-state index is 0.0566. The number of hydrogen-bond donors (Lipinski definition) is 1. The number of benzene rings is 2. The summed E-state index contributed by atoms with van der Waals surface area (Å²) in [6.07, 6.45) is 0.113. The molecule has 1 N–H and O–H groups in total. The van der Waals surface area contributed by atoms with E-state index in [0.29, 0.717) is 5.75 Å². The first-order chi connectivity index (χ1) is 12.6. The van der Waals surface area contributed by atoms with Gasteiger partial charge in [-0.2, -0.15) is 0 Å². The maximum absolute atomic E-state index is 13.0. The van der Waals surface area contributed by atoms with Crippen LogP contribution in [0.1, 0.15) is 11.1 Å². The summed E-state index contributed by atoms with van der Waals surface area (Å²) in [5, 5.41) is 13.5. The van der Waals surface area contributed by atoms with E-state index in [1.54, 1.807) is 16.8 Å². The molecule has 0 aliphatic heterocycles. The Hall–Kier alpha value is -2.92. The number of esters is 1. The Kier molecular flexibility index (Phi) is 5.49. The molecule has 0 spiro atoms. The van der Waals surface area contributed by atoms with Crippen LogP contribution in [0.4, 0.5) is 0 Å². The summed E-state index contributed by atoms with van der Waals surface area (Å²) in [6, 6.07) is 20.0. The lowest BCUT2D eigenvalue weighted by atomic mass is 9.76. The van der Waals surface area contributed by atoms with Gasteiger partial charge in [0.25, 0.3) is 0 Å². The molecule has 0 radical (unpaired) electrons. The summed E-state index contributed by atoms with van der Waals surface area (Å²) < 4.78 is 5.42. The molecule has 132 valence electrons. The summed E-state index contributed by atoms with van der Waals surface area (Å²) in [5.41, 5.74) is -0.161. The number of rotatable bonds is 7. The topological polar surface area (TPSA) is 63.6 Å². The van der Waals surface area contributed by atoms with Gasteiger partial charge in [-0.15, -0.1) is 11.3 Å². The van der Waals surface area contributed by atoms with Crippen molar-refractivity contribution in [3.05, 3.63) is 88.6 Å². The first-order valence-corrected chi connectivity index (χ1v) is 9.10. The van der Waals surface area contributed by atoms with Crippen LogP contribution in [0.2, 0.25) is 0 Å². The highest BCUT2D eigenvalue weighted by Crippen LogP contribution is 2.32. The van der Waals surface area contributed by atoms with E-state index < -0.39 is 17.4 Å². The van der Waals surface area contributed by atoms with Gasteiger partial charge in [-0.25, -0.2) is 0 Å². The fourth-order valence-electron chi connectivity index (χ4n) is 2.85. The average molecular weight is 366 g/mol. The molecule has 0 aliphatic carbocycles. The van der Waals surface area contributed by atoms with Gasteiger partial charge in [-0.1, -0.05) is 60.7 Å². The van der Waals surface area contributed by atoms with E-state index in [9.17, 15) is 14.7 Å². The molecule has 1 heterocycles. The molecule has 0 fully saturated rings. The van der Waals surface area contributed by atoms with E-state index in [-0.39, 0.29) is 12.8 Å². The van der Waals surface area contributed by atoms with Crippen LogP contribution in [-0.4, -0.2) is 17.0 Å². The van der Waals surface area contributed by atoms with Crippen molar-refractivity contribution in [1.82, 2.24) is 0 Å². The van der Waals surface area contributed by atoms with E-state index in [4.69, 9.17) is 4.74 Å². The first kappa shape index (κ1) is 17.9. The third-order valence-electron chi connectivity index (χ3n) is 4.20. The zero-order chi connectivity index (χ0) is 18.4. The standard InChI is InChI=1S/C21H18O4S/c22-19(23)21(13-16-7-3-1-4-8-16,14-17-9-5-2-6-10-17)20(24)25-18-11-12-26-15-18/h1-12,15H,13-14H2,(H,22,23). The van der Waals surface area contributed by atoms with Crippen molar-refractivity contribution in [1.29, 1.82) is 0 Å². The van der Waals surface area contributed by atoms with Crippen LogP contribution in [0.5, 0.6) is 5.75 Å². The molecule has 2 aromatic carbocycles.